The van der Waals surface area contributed by atoms with Crippen LogP contribution >= 0.6 is 11.3 Å². The quantitative estimate of drug-likeness (QED) is 0.359. The van der Waals surface area contributed by atoms with Crippen LogP contribution in [0.15, 0.2) is 54.5 Å². The second-order valence-electron chi connectivity index (χ2n) is 7.93. The number of rotatable bonds is 11. The summed E-state index contributed by atoms with van der Waals surface area (Å²) in [6.45, 7) is 14.0. The molecule has 188 valence electrons. The van der Waals surface area contributed by atoms with Gasteiger partial charge in [0.05, 0.1) is 17.1 Å². The van der Waals surface area contributed by atoms with Crippen LogP contribution in [0.2, 0.25) is 0 Å². The Hall–Kier alpha value is -2.79. The molecule has 1 N–H and O–H groups in total. The van der Waals surface area contributed by atoms with Gasteiger partial charge < -0.3 is 10.1 Å². The molecule has 0 spiro atoms. The molecule has 1 aliphatic heterocycles. The molecule has 10 heteroatoms. The molecule has 1 aromatic heterocycles. The SMILES string of the molecule is C=CCN(CC=C)S(=O)(=O)c1ccc(C(=O)Nc2sc3c(c2C(=O)OCC)CCN(CC)C3)cc1. The number of nitrogens with one attached hydrogen (secondary N) is 1. The number of sulfonamides is 1. The van der Waals surface area contributed by atoms with Crippen LogP contribution in [0, 0.1) is 0 Å². The summed E-state index contributed by atoms with van der Waals surface area (Å²) in [6, 6.07) is 5.71. The minimum atomic E-state index is -3.77. The number of likely N-dealkylation sites (N-methyl/N-ethyl adjacent to an activating group) is 1. The smallest absolute Gasteiger partial charge is 0.341 e. The number of thiophene rings is 1. The second-order valence-corrected chi connectivity index (χ2v) is 11.0. The van der Waals surface area contributed by atoms with E-state index in [1.807, 2.05) is 0 Å². The number of hydrogen-bond donors (Lipinski definition) is 1. The highest BCUT2D eigenvalue weighted by molar-refractivity contribution is 7.89. The highest BCUT2D eigenvalue weighted by atomic mass is 32.2. The zero-order chi connectivity index (χ0) is 25.6. The molecular weight excluding hydrogens is 486 g/mol. The van der Waals surface area contributed by atoms with E-state index in [2.05, 4.69) is 30.3 Å². The van der Waals surface area contributed by atoms with Crippen molar-refractivity contribution in [1.29, 1.82) is 0 Å². The van der Waals surface area contributed by atoms with Crippen molar-refractivity contribution in [2.45, 2.75) is 31.7 Å². The summed E-state index contributed by atoms with van der Waals surface area (Å²) in [5, 5.41) is 3.31. The average molecular weight is 518 g/mol. The fourth-order valence-corrected chi connectivity index (χ4v) is 6.55. The summed E-state index contributed by atoms with van der Waals surface area (Å²) in [4.78, 5) is 29.1. The van der Waals surface area contributed by atoms with Gasteiger partial charge >= 0.3 is 5.97 Å². The number of ether oxygens (including phenoxy) is 1. The molecule has 35 heavy (non-hydrogen) atoms. The molecule has 0 atom stereocenters. The van der Waals surface area contributed by atoms with Crippen LogP contribution in [-0.4, -0.2) is 62.3 Å². The standard InChI is InChI=1S/C25H31N3O5S2/c1-5-14-28(15-6-2)35(31,32)19-11-9-18(10-12-19)23(29)26-24-22(25(30)33-8-4)20-13-16-27(7-3)17-21(20)34-24/h5-6,9-12H,1-2,7-8,13-17H2,3-4H3,(H,26,29). The van der Waals surface area contributed by atoms with Crippen LogP contribution in [0.3, 0.4) is 0 Å². The maximum Gasteiger partial charge on any atom is 0.341 e. The Bertz CT molecular complexity index is 1190. The molecule has 0 saturated heterocycles. The van der Waals surface area contributed by atoms with E-state index < -0.39 is 21.9 Å². The van der Waals surface area contributed by atoms with Crippen molar-refractivity contribution in [3.05, 3.63) is 71.1 Å². The van der Waals surface area contributed by atoms with Crippen molar-refractivity contribution in [1.82, 2.24) is 9.21 Å². The highest BCUT2D eigenvalue weighted by Gasteiger charge is 2.29. The molecule has 0 radical (unpaired) electrons. The van der Waals surface area contributed by atoms with Crippen LogP contribution in [-0.2, 0) is 27.7 Å². The lowest BCUT2D eigenvalue weighted by atomic mass is 10.0. The number of fused-ring (bicyclic) bond motifs is 1. The molecule has 1 aromatic carbocycles. The van der Waals surface area contributed by atoms with Gasteiger partial charge in [0.25, 0.3) is 5.91 Å². The van der Waals surface area contributed by atoms with Crippen LogP contribution < -0.4 is 5.32 Å². The number of benzene rings is 1. The maximum atomic E-state index is 13.0. The fourth-order valence-electron chi connectivity index (χ4n) is 3.89. The van der Waals surface area contributed by atoms with E-state index in [4.69, 9.17) is 4.74 Å². The Morgan fingerprint density at radius 3 is 2.40 bits per heavy atom. The predicted octanol–water partition coefficient (Wildman–Crippen LogP) is 3.92. The Kier molecular flexibility index (Phi) is 9.01. The van der Waals surface area contributed by atoms with Gasteiger partial charge in [-0.05, 0) is 49.7 Å². The first-order chi connectivity index (χ1) is 16.8. The first-order valence-electron chi connectivity index (χ1n) is 11.4. The molecule has 8 nitrogen and oxygen atoms in total. The summed E-state index contributed by atoms with van der Waals surface area (Å²) in [5.41, 5.74) is 1.62. The van der Waals surface area contributed by atoms with Crippen molar-refractivity contribution in [2.75, 3.05) is 38.1 Å². The Morgan fingerprint density at radius 1 is 1.17 bits per heavy atom. The van der Waals surface area contributed by atoms with E-state index in [9.17, 15) is 18.0 Å². The first-order valence-corrected chi connectivity index (χ1v) is 13.7. The van der Waals surface area contributed by atoms with Crippen molar-refractivity contribution in [3.8, 4) is 0 Å². The van der Waals surface area contributed by atoms with Gasteiger partial charge in [0, 0.05) is 36.6 Å². The molecule has 1 aliphatic rings. The van der Waals surface area contributed by atoms with E-state index in [0.717, 1.165) is 30.1 Å². The average Bonchev–Trinajstić information content (AvgIpc) is 3.20. The van der Waals surface area contributed by atoms with Gasteiger partial charge in [-0.25, -0.2) is 13.2 Å². The Labute approximate surface area is 210 Å². The van der Waals surface area contributed by atoms with Crippen LogP contribution in [0.5, 0.6) is 0 Å². The van der Waals surface area contributed by atoms with Gasteiger partial charge in [-0.15, -0.1) is 24.5 Å². The van der Waals surface area contributed by atoms with Gasteiger partial charge in [0.1, 0.15) is 5.00 Å². The minimum Gasteiger partial charge on any atom is -0.462 e. The first kappa shape index (κ1) is 26.8. The third-order valence-corrected chi connectivity index (χ3v) is 8.69. The van der Waals surface area contributed by atoms with Gasteiger partial charge in [-0.2, -0.15) is 4.31 Å². The zero-order valence-corrected chi connectivity index (χ0v) is 21.7. The lowest BCUT2D eigenvalue weighted by Crippen LogP contribution is -2.31. The monoisotopic (exact) mass is 517 g/mol. The topological polar surface area (TPSA) is 96.0 Å². The number of hydrogen-bond acceptors (Lipinski definition) is 7. The van der Waals surface area contributed by atoms with Crippen molar-refractivity contribution >= 4 is 38.2 Å². The maximum absolute atomic E-state index is 13.0. The van der Waals surface area contributed by atoms with Crippen molar-refractivity contribution in [3.63, 3.8) is 0 Å². The molecule has 3 rings (SSSR count). The van der Waals surface area contributed by atoms with E-state index in [-0.39, 0.29) is 30.2 Å². The zero-order valence-electron chi connectivity index (χ0n) is 20.1. The number of anilines is 1. The summed E-state index contributed by atoms with van der Waals surface area (Å²) >= 11 is 1.38. The molecule has 0 aliphatic carbocycles. The van der Waals surface area contributed by atoms with Crippen LogP contribution in [0.4, 0.5) is 5.00 Å². The van der Waals surface area contributed by atoms with Crippen LogP contribution in [0.25, 0.3) is 0 Å². The van der Waals surface area contributed by atoms with E-state index in [1.54, 1.807) is 6.92 Å². The molecule has 0 saturated carbocycles. The lowest BCUT2D eigenvalue weighted by Gasteiger charge is -2.25. The largest absolute Gasteiger partial charge is 0.462 e. The summed E-state index contributed by atoms with van der Waals surface area (Å²) in [5.74, 6) is -0.879. The number of amides is 1. The molecular formula is C25H31N3O5S2. The fraction of sp³-hybridized carbons (Fsp3) is 0.360. The van der Waals surface area contributed by atoms with E-state index in [0.29, 0.717) is 17.0 Å². The third kappa shape index (κ3) is 5.90. The predicted molar refractivity (Wildman–Crippen MR) is 138 cm³/mol. The second kappa shape index (κ2) is 11.8. The molecule has 0 bridgehead atoms. The minimum absolute atomic E-state index is 0.0659. The summed E-state index contributed by atoms with van der Waals surface area (Å²) < 4.78 is 32.3. The molecule has 0 unspecified atom stereocenters. The van der Waals surface area contributed by atoms with Gasteiger partial charge in [-0.3, -0.25) is 9.69 Å². The summed E-state index contributed by atoms with van der Waals surface area (Å²) in [6.07, 6.45) is 3.72. The molecule has 2 heterocycles. The highest BCUT2D eigenvalue weighted by Crippen LogP contribution is 2.38. The Morgan fingerprint density at radius 2 is 1.83 bits per heavy atom. The van der Waals surface area contributed by atoms with E-state index in [1.165, 1.54) is 52.1 Å². The van der Waals surface area contributed by atoms with Gasteiger partial charge in [0.15, 0.2) is 0 Å². The van der Waals surface area contributed by atoms with Gasteiger partial charge in [0.2, 0.25) is 10.0 Å². The Balaban J connectivity index is 1.86. The molecule has 1 amide bonds. The number of carbonyl (C=O) groups excluding carboxylic acids is 2. The van der Waals surface area contributed by atoms with Crippen molar-refractivity contribution < 1.29 is 22.7 Å². The van der Waals surface area contributed by atoms with Crippen molar-refractivity contribution in [2.24, 2.45) is 0 Å². The normalized spacial score (nSPS) is 13.8. The number of esters is 1. The number of nitrogens with zero attached hydrogens (tertiary/aromatic N) is 2. The van der Waals surface area contributed by atoms with Crippen LogP contribution in [0.1, 0.15) is 45.0 Å². The lowest BCUT2D eigenvalue weighted by molar-refractivity contribution is 0.0526. The molecule has 2 aromatic rings. The number of carbonyl (C=O) groups is 2. The van der Waals surface area contributed by atoms with E-state index >= 15 is 0 Å². The molecule has 0 fully saturated rings. The third-order valence-electron chi connectivity index (χ3n) is 5.71. The summed E-state index contributed by atoms with van der Waals surface area (Å²) in [7, 11) is -3.77. The van der Waals surface area contributed by atoms with Gasteiger partial charge in [-0.1, -0.05) is 19.1 Å².